The predicted molar refractivity (Wildman–Crippen MR) is 119 cm³/mol. The third-order valence-corrected chi connectivity index (χ3v) is 5.27. The molecule has 0 amide bonds. The average Bonchev–Trinajstić information content (AvgIpc) is 3.09. The highest BCUT2D eigenvalue weighted by Crippen LogP contribution is 2.32. The van der Waals surface area contributed by atoms with Crippen molar-refractivity contribution in [2.45, 2.75) is 24.7 Å². The Bertz CT molecular complexity index is 1110. The van der Waals surface area contributed by atoms with Gasteiger partial charge in [-0.2, -0.15) is 0 Å². The molecule has 10 nitrogen and oxygen atoms in total. The number of phenols is 4. The van der Waals surface area contributed by atoms with Gasteiger partial charge in [-0.05, 0) is 54.0 Å². The van der Waals surface area contributed by atoms with Gasteiger partial charge in [0, 0.05) is 24.7 Å². The van der Waals surface area contributed by atoms with Crippen LogP contribution < -0.4 is 0 Å². The number of rotatable bonds is 7. The van der Waals surface area contributed by atoms with E-state index in [1.54, 1.807) is 0 Å². The van der Waals surface area contributed by atoms with E-state index in [1.165, 1.54) is 48.6 Å². The Morgan fingerprint density at radius 1 is 0.794 bits per heavy atom. The van der Waals surface area contributed by atoms with Gasteiger partial charge in [-0.15, -0.1) is 0 Å². The van der Waals surface area contributed by atoms with Crippen molar-refractivity contribution in [3.05, 3.63) is 59.7 Å². The zero-order valence-corrected chi connectivity index (χ0v) is 17.8. The fourth-order valence-electron chi connectivity index (χ4n) is 3.52. The first-order chi connectivity index (χ1) is 16.2. The van der Waals surface area contributed by atoms with E-state index in [2.05, 4.69) is 0 Å². The first-order valence-corrected chi connectivity index (χ1v) is 10.3. The Kier molecular flexibility index (Phi) is 7.77. The summed E-state index contributed by atoms with van der Waals surface area (Å²) < 4.78 is 10.6. The lowest BCUT2D eigenvalue weighted by Crippen LogP contribution is -2.39. The summed E-state index contributed by atoms with van der Waals surface area (Å²) in [5.74, 6) is -3.71. The maximum absolute atomic E-state index is 12.3. The molecule has 0 aliphatic heterocycles. The van der Waals surface area contributed by atoms with E-state index in [0.29, 0.717) is 11.1 Å². The summed E-state index contributed by atoms with van der Waals surface area (Å²) in [4.78, 5) is 24.6. The van der Waals surface area contributed by atoms with Crippen molar-refractivity contribution in [2.75, 3.05) is 6.61 Å². The topological polar surface area (TPSA) is 174 Å². The van der Waals surface area contributed by atoms with E-state index >= 15 is 0 Å². The Morgan fingerprint density at radius 3 is 1.71 bits per heavy atom. The summed E-state index contributed by atoms with van der Waals surface area (Å²) in [6.07, 6.45) is 1.28. The molecule has 180 valence electrons. The normalized spacial score (nSPS) is 22.3. The van der Waals surface area contributed by atoms with Crippen LogP contribution in [0.4, 0.5) is 0 Å². The van der Waals surface area contributed by atoms with Crippen LogP contribution in [-0.2, 0) is 19.1 Å². The number of hydrogen-bond acceptors (Lipinski definition) is 10. The molecule has 0 aromatic heterocycles. The standard InChI is InChI=1S/C24H24O10/c25-12-15-11-20(30)24(34-22(32)8-4-14-2-6-17(27)19(29)10-14)23(15)33-21(31)7-3-13-1-5-16(26)18(28)9-13/h1-10,15,20,23-30H,11-12H2/b7-3+,8-4+/t15-,20-,23+,24-/m1/s1. The van der Waals surface area contributed by atoms with Crippen LogP contribution in [0.5, 0.6) is 23.0 Å². The average molecular weight is 472 g/mol. The van der Waals surface area contributed by atoms with Crippen molar-refractivity contribution in [3.8, 4) is 23.0 Å². The van der Waals surface area contributed by atoms with Crippen molar-refractivity contribution in [1.82, 2.24) is 0 Å². The molecule has 0 saturated heterocycles. The number of phenolic OH excluding ortho intramolecular Hbond substituents is 4. The van der Waals surface area contributed by atoms with Crippen LogP contribution in [0.25, 0.3) is 12.2 Å². The molecule has 0 radical (unpaired) electrons. The van der Waals surface area contributed by atoms with E-state index in [0.717, 1.165) is 12.2 Å². The Balaban J connectivity index is 1.66. The van der Waals surface area contributed by atoms with Gasteiger partial charge in [0.2, 0.25) is 0 Å². The van der Waals surface area contributed by atoms with Crippen LogP contribution in [0.3, 0.4) is 0 Å². The first-order valence-electron chi connectivity index (χ1n) is 10.3. The fourth-order valence-corrected chi connectivity index (χ4v) is 3.52. The molecule has 0 unspecified atom stereocenters. The van der Waals surface area contributed by atoms with Crippen molar-refractivity contribution < 1.29 is 49.7 Å². The molecule has 0 heterocycles. The smallest absolute Gasteiger partial charge is 0.331 e. The van der Waals surface area contributed by atoms with Crippen molar-refractivity contribution in [3.63, 3.8) is 0 Å². The number of carbonyl (C=O) groups is 2. The predicted octanol–water partition coefficient (Wildman–Crippen LogP) is 1.43. The Morgan fingerprint density at radius 2 is 1.26 bits per heavy atom. The largest absolute Gasteiger partial charge is 0.504 e. The molecule has 34 heavy (non-hydrogen) atoms. The number of esters is 2. The van der Waals surface area contributed by atoms with E-state index in [4.69, 9.17) is 9.47 Å². The number of ether oxygens (including phenoxy) is 2. The molecule has 10 heteroatoms. The van der Waals surface area contributed by atoms with Gasteiger partial charge >= 0.3 is 11.9 Å². The molecule has 0 spiro atoms. The van der Waals surface area contributed by atoms with Gasteiger partial charge in [-0.1, -0.05) is 12.1 Å². The summed E-state index contributed by atoms with van der Waals surface area (Å²) >= 11 is 0. The summed E-state index contributed by atoms with van der Waals surface area (Å²) in [5.41, 5.74) is 0.812. The van der Waals surface area contributed by atoms with Crippen LogP contribution in [0.15, 0.2) is 48.6 Å². The highest BCUT2D eigenvalue weighted by molar-refractivity contribution is 5.88. The summed E-state index contributed by atoms with van der Waals surface area (Å²) in [6, 6.07) is 7.87. The van der Waals surface area contributed by atoms with Crippen LogP contribution in [0.2, 0.25) is 0 Å². The molecular weight excluding hydrogens is 448 g/mol. The number of aliphatic hydroxyl groups is 2. The number of carbonyl (C=O) groups excluding carboxylic acids is 2. The number of aliphatic hydroxyl groups excluding tert-OH is 2. The second-order valence-corrected chi connectivity index (χ2v) is 7.71. The van der Waals surface area contributed by atoms with Crippen LogP contribution in [-0.4, -0.2) is 67.5 Å². The quantitative estimate of drug-likeness (QED) is 0.196. The monoisotopic (exact) mass is 472 g/mol. The molecule has 6 N–H and O–H groups in total. The second-order valence-electron chi connectivity index (χ2n) is 7.71. The molecule has 2 aromatic rings. The lowest BCUT2D eigenvalue weighted by molar-refractivity contribution is -0.166. The third-order valence-electron chi connectivity index (χ3n) is 5.27. The lowest BCUT2D eigenvalue weighted by atomic mass is 10.1. The Hall–Kier alpha value is -4.02. The molecule has 1 saturated carbocycles. The van der Waals surface area contributed by atoms with Gasteiger partial charge in [0.05, 0.1) is 6.10 Å². The highest BCUT2D eigenvalue weighted by atomic mass is 16.6. The van der Waals surface area contributed by atoms with Gasteiger partial charge in [-0.3, -0.25) is 0 Å². The highest BCUT2D eigenvalue weighted by Gasteiger charge is 2.47. The molecule has 4 atom stereocenters. The molecular formula is C24H24O10. The number of benzene rings is 2. The molecule has 1 aliphatic rings. The van der Waals surface area contributed by atoms with Gasteiger partial charge in [0.15, 0.2) is 29.1 Å². The maximum Gasteiger partial charge on any atom is 0.331 e. The molecule has 3 rings (SSSR count). The number of hydrogen-bond donors (Lipinski definition) is 6. The van der Waals surface area contributed by atoms with Crippen molar-refractivity contribution in [2.24, 2.45) is 5.92 Å². The minimum absolute atomic E-state index is 0.0392. The third kappa shape index (κ3) is 6.06. The zero-order chi connectivity index (χ0) is 24.8. The fraction of sp³-hybridized carbons (Fsp3) is 0.250. The SMILES string of the molecule is O=C(/C=C/c1ccc(O)c(O)c1)O[C@H]1[C@@H](CO)C[C@@H](O)[C@H]1OC(=O)/C=C/c1ccc(O)c(O)c1. The Labute approximate surface area is 194 Å². The van der Waals surface area contributed by atoms with Gasteiger partial charge < -0.3 is 40.1 Å². The first kappa shape index (κ1) is 24.6. The molecule has 2 aromatic carbocycles. The van der Waals surface area contributed by atoms with Crippen LogP contribution >= 0.6 is 0 Å². The van der Waals surface area contributed by atoms with Crippen molar-refractivity contribution in [1.29, 1.82) is 0 Å². The molecule has 1 fully saturated rings. The number of aromatic hydroxyl groups is 4. The van der Waals surface area contributed by atoms with Crippen molar-refractivity contribution >= 4 is 24.1 Å². The van der Waals surface area contributed by atoms with Gasteiger partial charge in [0.25, 0.3) is 0 Å². The molecule has 1 aliphatic carbocycles. The van der Waals surface area contributed by atoms with E-state index < -0.39 is 42.8 Å². The van der Waals surface area contributed by atoms with Crippen LogP contribution in [0, 0.1) is 5.92 Å². The second kappa shape index (κ2) is 10.7. The maximum atomic E-state index is 12.3. The summed E-state index contributed by atoms with van der Waals surface area (Å²) in [7, 11) is 0. The lowest BCUT2D eigenvalue weighted by Gasteiger charge is -2.24. The summed E-state index contributed by atoms with van der Waals surface area (Å²) in [6.45, 7) is -0.415. The van der Waals surface area contributed by atoms with E-state index in [-0.39, 0.29) is 29.4 Å². The minimum atomic E-state index is -1.22. The van der Waals surface area contributed by atoms with E-state index in [1.807, 2.05) is 0 Å². The van der Waals surface area contributed by atoms with Gasteiger partial charge in [-0.25, -0.2) is 9.59 Å². The molecule has 0 bridgehead atoms. The summed E-state index contributed by atoms with van der Waals surface area (Å²) in [5, 5.41) is 57.6. The van der Waals surface area contributed by atoms with E-state index in [9.17, 15) is 40.2 Å². The van der Waals surface area contributed by atoms with Gasteiger partial charge in [0.1, 0.15) is 6.10 Å². The zero-order valence-electron chi connectivity index (χ0n) is 17.8. The van der Waals surface area contributed by atoms with Crippen LogP contribution in [0.1, 0.15) is 17.5 Å². The minimum Gasteiger partial charge on any atom is -0.504 e.